The Morgan fingerprint density at radius 3 is 2.58 bits per heavy atom. The second-order valence-corrected chi connectivity index (χ2v) is 6.80. The molecule has 1 aliphatic carbocycles. The molecule has 0 saturated carbocycles. The van der Waals surface area contributed by atoms with Gasteiger partial charge in [0.05, 0.1) is 18.2 Å². The van der Waals surface area contributed by atoms with Crippen LogP contribution in [0.3, 0.4) is 0 Å². The minimum atomic E-state index is -1.12. The maximum Gasteiger partial charge on any atom is 1.00 e. The van der Waals surface area contributed by atoms with Gasteiger partial charge in [-0.25, -0.2) is 0 Å². The summed E-state index contributed by atoms with van der Waals surface area (Å²) >= 11 is 0. The Morgan fingerprint density at radius 1 is 1.27 bits per heavy atom. The molecule has 0 aliphatic heterocycles. The fraction of sp³-hybridized carbons (Fsp3) is 0.500. The van der Waals surface area contributed by atoms with Crippen molar-refractivity contribution in [2.24, 2.45) is 0 Å². The molecule has 0 radical (unpaired) electrons. The number of benzene rings is 1. The van der Waals surface area contributed by atoms with Crippen LogP contribution >= 0.6 is 0 Å². The maximum atomic E-state index is 11.0. The summed E-state index contributed by atoms with van der Waals surface area (Å²) in [6.45, 7) is 5.81. The van der Waals surface area contributed by atoms with Gasteiger partial charge in [0.15, 0.2) is 0 Å². The minimum Gasteiger partial charge on any atom is -0.548 e. The smallest absolute Gasteiger partial charge is 0.548 e. The predicted molar refractivity (Wildman–Crippen MR) is 93.7 cm³/mol. The molecule has 1 aromatic carbocycles. The first-order valence-electron chi connectivity index (χ1n) is 9.06. The topological polar surface area (TPSA) is 78.2 Å². The van der Waals surface area contributed by atoms with Gasteiger partial charge in [-0.1, -0.05) is 19.9 Å². The number of carboxylic acids is 1. The van der Waals surface area contributed by atoms with Crippen LogP contribution in [-0.2, 0) is 43.4 Å². The normalized spacial score (nSPS) is 12.7. The number of aliphatic carboxylic acids is 1. The molecule has 3 rings (SSSR count). The maximum absolute atomic E-state index is 11.0. The van der Waals surface area contributed by atoms with E-state index in [1.54, 1.807) is 4.68 Å². The Hall–Kier alpha value is -1.30. The van der Waals surface area contributed by atoms with Gasteiger partial charge in [0, 0.05) is 17.7 Å². The van der Waals surface area contributed by atoms with Gasteiger partial charge in [-0.3, -0.25) is 4.68 Å². The van der Waals surface area contributed by atoms with E-state index in [0.717, 1.165) is 66.6 Å². The summed E-state index contributed by atoms with van der Waals surface area (Å²) in [7, 11) is 0. The molecular formula is C20H25N2NaO3. The van der Waals surface area contributed by atoms with Crippen LogP contribution in [0.15, 0.2) is 6.07 Å². The van der Waals surface area contributed by atoms with Crippen molar-refractivity contribution in [2.75, 3.05) is 0 Å². The average molecular weight is 364 g/mol. The van der Waals surface area contributed by atoms with Crippen molar-refractivity contribution in [1.29, 1.82) is 0 Å². The van der Waals surface area contributed by atoms with Crippen LogP contribution in [0.25, 0.3) is 0 Å². The summed E-state index contributed by atoms with van der Waals surface area (Å²) < 4.78 is 1.58. The third kappa shape index (κ3) is 3.85. The zero-order chi connectivity index (χ0) is 18.1. The van der Waals surface area contributed by atoms with E-state index >= 15 is 0 Å². The summed E-state index contributed by atoms with van der Waals surface area (Å²) in [6, 6.07) is 2.08. The fourth-order valence-corrected chi connectivity index (χ4v) is 4.09. The average Bonchev–Trinajstić information content (AvgIpc) is 3.17. The van der Waals surface area contributed by atoms with E-state index in [1.807, 2.05) is 20.8 Å². The molecule has 5 nitrogen and oxygen atoms in total. The summed E-state index contributed by atoms with van der Waals surface area (Å²) in [5, 5.41) is 25.9. The van der Waals surface area contributed by atoms with Crippen LogP contribution in [0.5, 0.6) is 5.75 Å². The first-order chi connectivity index (χ1) is 12.0. The van der Waals surface area contributed by atoms with E-state index in [4.69, 9.17) is 0 Å². The standard InChI is InChI=1S/C20H26N2O3.Na/c1-4-17-16(18(5-2)22(21-17)11-19(23)24)10-13-9-12(3)20(25)15-8-6-7-14(13)15;/h9,25H,4-8,10-11H2,1-3H3,(H,23,24);/q;+1/p-1. The second kappa shape index (κ2) is 8.59. The zero-order valence-electron chi connectivity index (χ0n) is 16.2. The number of aryl methyl sites for hydroxylation is 2. The molecule has 1 N–H and O–H groups in total. The van der Waals surface area contributed by atoms with E-state index in [1.165, 1.54) is 11.1 Å². The number of rotatable bonds is 6. The molecule has 2 aromatic rings. The molecule has 26 heavy (non-hydrogen) atoms. The number of carbonyl (C=O) groups excluding carboxylic acids is 1. The first kappa shape index (κ1) is 21.0. The van der Waals surface area contributed by atoms with Crippen LogP contribution in [-0.4, -0.2) is 20.9 Å². The quantitative estimate of drug-likeness (QED) is 0.657. The molecule has 0 atom stereocenters. The third-order valence-corrected chi connectivity index (χ3v) is 5.22. The molecule has 134 valence electrons. The van der Waals surface area contributed by atoms with Gasteiger partial charge in [0.1, 0.15) is 5.75 Å². The third-order valence-electron chi connectivity index (χ3n) is 5.22. The van der Waals surface area contributed by atoms with Crippen molar-refractivity contribution in [3.05, 3.63) is 45.3 Å². The van der Waals surface area contributed by atoms with E-state index in [-0.39, 0.29) is 36.1 Å². The Kier molecular flexibility index (Phi) is 6.94. The first-order valence-corrected chi connectivity index (χ1v) is 9.06. The number of hydrogen-bond donors (Lipinski definition) is 1. The molecule has 0 saturated heterocycles. The number of carboxylic acid groups (broad SMARTS) is 1. The van der Waals surface area contributed by atoms with Crippen LogP contribution < -0.4 is 34.7 Å². The number of aromatic hydroxyl groups is 1. The number of phenolic OH excluding ortho intramolecular Hbond substituents is 1. The monoisotopic (exact) mass is 364 g/mol. The molecule has 0 fully saturated rings. The van der Waals surface area contributed by atoms with Crippen LogP contribution in [0.4, 0.5) is 0 Å². The summed E-state index contributed by atoms with van der Waals surface area (Å²) in [6.07, 6.45) is 5.24. The zero-order valence-corrected chi connectivity index (χ0v) is 18.2. The number of aromatic nitrogens is 2. The second-order valence-electron chi connectivity index (χ2n) is 6.80. The van der Waals surface area contributed by atoms with E-state index in [2.05, 4.69) is 11.2 Å². The van der Waals surface area contributed by atoms with Crippen molar-refractivity contribution in [3.8, 4) is 5.75 Å². The van der Waals surface area contributed by atoms with Crippen molar-refractivity contribution in [3.63, 3.8) is 0 Å². The van der Waals surface area contributed by atoms with Crippen LogP contribution in [0.2, 0.25) is 0 Å². The van der Waals surface area contributed by atoms with Gasteiger partial charge in [-0.2, -0.15) is 5.10 Å². The van der Waals surface area contributed by atoms with Gasteiger partial charge < -0.3 is 15.0 Å². The summed E-state index contributed by atoms with van der Waals surface area (Å²) in [5.41, 5.74) is 7.56. The molecule has 6 heteroatoms. The molecular weight excluding hydrogens is 339 g/mol. The number of fused-ring (bicyclic) bond motifs is 1. The number of carbonyl (C=O) groups is 1. The summed E-state index contributed by atoms with van der Waals surface area (Å²) in [4.78, 5) is 11.0. The van der Waals surface area contributed by atoms with Crippen molar-refractivity contribution in [2.45, 2.75) is 65.8 Å². The minimum absolute atomic E-state index is 0. The number of phenols is 1. The van der Waals surface area contributed by atoms with Crippen LogP contribution in [0.1, 0.15) is 59.5 Å². The molecule has 0 bridgehead atoms. The number of hydrogen-bond acceptors (Lipinski definition) is 4. The summed E-state index contributed by atoms with van der Waals surface area (Å²) in [5.74, 6) is -0.678. The molecule has 0 spiro atoms. The van der Waals surface area contributed by atoms with Gasteiger partial charge in [0.25, 0.3) is 0 Å². The molecule has 0 amide bonds. The van der Waals surface area contributed by atoms with Crippen LogP contribution in [0, 0.1) is 6.92 Å². The fourth-order valence-electron chi connectivity index (χ4n) is 4.09. The van der Waals surface area contributed by atoms with Crippen molar-refractivity contribution in [1.82, 2.24) is 9.78 Å². The Morgan fingerprint density at radius 2 is 1.96 bits per heavy atom. The van der Waals surface area contributed by atoms with Crippen molar-refractivity contribution >= 4 is 5.97 Å². The molecule has 1 aliphatic rings. The molecule has 0 unspecified atom stereocenters. The van der Waals surface area contributed by atoms with E-state index < -0.39 is 5.97 Å². The van der Waals surface area contributed by atoms with Gasteiger partial charge in [-0.05, 0) is 61.3 Å². The van der Waals surface area contributed by atoms with Crippen molar-refractivity contribution < 1.29 is 44.6 Å². The Bertz CT molecular complexity index is 827. The van der Waals surface area contributed by atoms with Gasteiger partial charge >= 0.3 is 29.6 Å². The Labute approximate surface area is 176 Å². The van der Waals surface area contributed by atoms with E-state index in [9.17, 15) is 15.0 Å². The van der Waals surface area contributed by atoms with Gasteiger partial charge in [0.2, 0.25) is 0 Å². The predicted octanol–water partition coefficient (Wildman–Crippen LogP) is -1.14. The molecule has 1 aromatic heterocycles. The SMILES string of the molecule is CCc1nn(CC(=O)[O-])c(CC)c1Cc1cc(C)c(O)c2c1CCC2.[Na+]. The molecule has 1 heterocycles. The Balaban J connectivity index is 0.00000243. The number of nitrogens with zero attached hydrogens (tertiary/aromatic N) is 2. The van der Waals surface area contributed by atoms with Gasteiger partial charge in [-0.15, -0.1) is 0 Å². The largest absolute Gasteiger partial charge is 1.00 e. The van der Waals surface area contributed by atoms with E-state index in [0.29, 0.717) is 5.75 Å².